The summed E-state index contributed by atoms with van der Waals surface area (Å²) in [5.41, 5.74) is 0. The van der Waals surface area contributed by atoms with Crippen LogP contribution in [0.4, 0.5) is 9.18 Å². The summed E-state index contributed by atoms with van der Waals surface area (Å²) in [6, 6.07) is 0. The topological polar surface area (TPSA) is 42.0 Å². The number of carbonyl (C=O) groups excluding carboxylic acids is 1. The Kier molecular flexibility index (Phi) is 4.30. The minimum atomic E-state index is -2.49. The average molecular weight is 260 g/mol. The van der Waals surface area contributed by atoms with Crippen LogP contribution in [0.2, 0.25) is 0 Å². The van der Waals surface area contributed by atoms with E-state index in [1.807, 2.05) is 0 Å². The SMILES string of the molecule is CN(SN(C)P1(=S)OCCO1)C(=O)F. The van der Waals surface area contributed by atoms with Crippen LogP contribution in [0, 0.1) is 0 Å². The fourth-order valence-corrected chi connectivity index (χ4v) is 3.87. The zero-order valence-electron chi connectivity index (χ0n) is 7.68. The molecule has 9 heteroatoms. The van der Waals surface area contributed by atoms with Crippen LogP contribution < -0.4 is 0 Å². The highest BCUT2D eigenvalue weighted by Crippen LogP contribution is 2.57. The maximum Gasteiger partial charge on any atom is 0.410 e. The smallest absolute Gasteiger partial charge is 0.315 e. The lowest BCUT2D eigenvalue weighted by atomic mass is 10.8. The highest BCUT2D eigenvalue weighted by atomic mass is 32.5. The van der Waals surface area contributed by atoms with E-state index in [-0.39, 0.29) is 0 Å². The van der Waals surface area contributed by atoms with Crippen molar-refractivity contribution in [2.24, 2.45) is 0 Å². The summed E-state index contributed by atoms with van der Waals surface area (Å²) in [5, 5.41) is 0. The third kappa shape index (κ3) is 2.88. The fourth-order valence-electron chi connectivity index (χ4n) is 0.759. The van der Waals surface area contributed by atoms with Gasteiger partial charge in [0, 0.05) is 14.1 Å². The van der Waals surface area contributed by atoms with E-state index in [0.717, 1.165) is 16.4 Å². The van der Waals surface area contributed by atoms with Crippen molar-refractivity contribution in [3.63, 3.8) is 0 Å². The lowest BCUT2D eigenvalue weighted by Gasteiger charge is -2.25. The Balaban J connectivity index is 2.53. The van der Waals surface area contributed by atoms with E-state index >= 15 is 0 Å². The standard InChI is InChI=1S/C5H10FN2O3PS2/c1-7(5(6)9)14-8(2)12(13)10-3-4-11-12/h3-4H2,1-2H3. The Labute approximate surface area is 91.0 Å². The van der Waals surface area contributed by atoms with Gasteiger partial charge in [-0.3, -0.25) is 0 Å². The van der Waals surface area contributed by atoms with Gasteiger partial charge in [0.15, 0.2) is 0 Å². The van der Waals surface area contributed by atoms with Gasteiger partial charge in [0.05, 0.1) is 25.3 Å². The van der Waals surface area contributed by atoms with Gasteiger partial charge < -0.3 is 9.05 Å². The highest BCUT2D eigenvalue weighted by molar-refractivity contribution is 8.15. The largest absolute Gasteiger partial charge is 0.410 e. The molecular formula is C5H10FN2O3PS2. The van der Waals surface area contributed by atoms with E-state index in [1.54, 1.807) is 7.05 Å². The van der Waals surface area contributed by atoms with Crippen LogP contribution in [0.3, 0.4) is 0 Å². The molecule has 1 rings (SSSR count). The first kappa shape index (κ1) is 12.4. The highest BCUT2D eigenvalue weighted by Gasteiger charge is 2.32. The first-order valence-corrected chi connectivity index (χ1v) is 7.02. The second kappa shape index (κ2) is 4.87. The molecule has 1 saturated heterocycles. The van der Waals surface area contributed by atoms with E-state index in [9.17, 15) is 9.18 Å². The van der Waals surface area contributed by atoms with E-state index in [0.29, 0.717) is 13.2 Å². The molecule has 0 saturated carbocycles. The van der Waals surface area contributed by atoms with Crippen molar-refractivity contribution in [2.45, 2.75) is 0 Å². The van der Waals surface area contributed by atoms with E-state index < -0.39 is 12.8 Å². The van der Waals surface area contributed by atoms with Crippen LogP contribution in [0.5, 0.6) is 0 Å². The number of hydrogen-bond acceptors (Lipinski definition) is 5. The molecule has 0 aromatic carbocycles. The zero-order chi connectivity index (χ0) is 10.8. The van der Waals surface area contributed by atoms with Gasteiger partial charge in [-0.15, -0.1) is 4.39 Å². The number of halogens is 1. The van der Waals surface area contributed by atoms with Gasteiger partial charge >= 0.3 is 6.16 Å². The number of rotatable bonds is 3. The molecule has 0 N–H and O–H groups in total. The van der Waals surface area contributed by atoms with Gasteiger partial charge in [0.2, 0.25) is 0 Å². The van der Waals surface area contributed by atoms with Crippen molar-refractivity contribution in [1.29, 1.82) is 0 Å². The van der Waals surface area contributed by atoms with Crippen LogP contribution in [0.25, 0.3) is 0 Å². The molecule has 1 heterocycles. The predicted molar refractivity (Wildman–Crippen MR) is 55.8 cm³/mol. The Hall–Kier alpha value is 0.280. The van der Waals surface area contributed by atoms with E-state index in [1.165, 1.54) is 11.1 Å². The third-order valence-corrected chi connectivity index (χ3v) is 6.30. The van der Waals surface area contributed by atoms with Crippen LogP contribution in [0.1, 0.15) is 0 Å². The summed E-state index contributed by atoms with van der Waals surface area (Å²) in [6.45, 7) is -1.61. The summed E-state index contributed by atoms with van der Waals surface area (Å²) in [5.74, 6) is 0. The summed E-state index contributed by atoms with van der Waals surface area (Å²) in [6.07, 6.45) is -1.54. The van der Waals surface area contributed by atoms with Crippen LogP contribution >= 0.6 is 18.8 Å². The van der Waals surface area contributed by atoms with Gasteiger partial charge in [-0.1, -0.05) is 0 Å². The lowest BCUT2D eigenvalue weighted by molar-refractivity contribution is 0.209. The van der Waals surface area contributed by atoms with Crippen molar-refractivity contribution in [3.8, 4) is 0 Å². The molecule has 14 heavy (non-hydrogen) atoms. The monoisotopic (exact) mass is 260 g/mol. The molecule has 82 valence electrons. The Morgan fingerprint density at radius 3 is 2.43 bits per heavy atom. The predicted octanol–water partition coefficient (Wildman–Crippen LogP) is 1.77. The first-order chi connectivity index (χ1) is 6.46. The number of carbonyl (C=O) groups is 1. The second-order valence-corrected chi connectivity index (χ2v) is 7.40. The summed E-state index contributed by atoms with van der Waals surface area (Å²) < 4.78 is 24.9. The second-order valence-electron chi connectivity index (χ2n) is 2.43. The van der Waals surface area contributed by atoms with Gasteiger partial charge in [-0.05, 0) is 11.8 Å². The number of nitrogens with zero attached hydrogens (tertiary/aromatic N) is 2. The van der Waals surface area contributed by atoms with Gasteiger partial charge in [-0.25, -0.2) is 9.10 Å². The summed E-state index contributed by atoms with van der Waals surface area (Å²) in [4.78, 5) is 10.3. The molecule has 0 radical (unpaired) electrons. The molecule has 0 bridgehead atoms. The average Bonchev–Trinajstić information content (AvgIpc) is 2.53. The lowest BCUT2D eigenvalue weighted by Crippen LogP contribution is -2.19. The molecule has 1 aliphatic heterocycles. The molecule has 0 aromatic heterocycles. The zero-order valence-corrected chi connectivity index (χ0v) is 10.2. The Morgan fingerprint density at radius 2 is 2.00 bits per heavy atom. The van der Waals surface area contributed by atoms with Crippen LogP contribution in [0.15, 0.2) is 0 Å². The summed E-state index contributed by atoms with van der Waals surface area (Å²) >= 11 is 5.95. The molecule has 0 unspecified atom stereocenters. The molecule has 0 aromatic rings. The number of hydrogen-bond donors (Lipinski definition) is 0. The molecular weight excluding hydrogens is 250 g/mol. The van der Waals surface area contributed by atoms with Crippen molar-refractivity contribution >= 4 is 36.7 Å². The normalized spacial score (nSPS) is 20.0. The van der Waals surface area contributed by atoms with Crippen LogP contribution in [-0.4, -0.2) is 41.9 Å². The maximum absolute atomic E-state index is 12.2. The maximum atomic E-state index is 12.2. The van der Waals surface area contributed by atoms with Crippen molar-refractivity contribution in [1.82, 2.24) is 8.38 Å². The van der Waals surface area contributed by atoms with E-state index in [2.05, 4.69) is 0 Å². The fraction of sp³-hybridized carbons (Fsp3) is 0.800. The molecule has 0 aliphatic carbocycles. The summed E-state index contributed by atoms with van der Waals surface area (Å²) in [7, 11) is 2.91. The molecule has 1 fully saturated rings. The molecule has 1 amide bonds. The Morgan fingerprint density at radius 1 is 1.50 bits per heavy atom. The Bertz CT molecular complexity index is 270. The van der Waals surface area contributed by atoms with Gasteiger partial charge in [-0.2, -0.15) is 4.08 Å². The van der Waals surface area contributed by atoms with Crippen molar-refractivity contribution in [3.05, 3.63) is 0 Å². The molecule has 0 spiro atoms. The molecule has 0 atom stereocenters. The molecule has 1 aliphatic rings. The van der Waals surface area contributed by atoms with E-state index in [4.69, 9.17) is 20.9 Å². The minimum Gasteiger partial charge on any atom is -0.315 e. The van der Waals surface area contributed by atoms with Crippen LogP contribution in [-0.2, 0) is 20.9 Å². The van der Waals surface area contributed by atoms with Gasteiger partial charge in [0.1, 0.15) is 0 Å². The first-order valence-electron chi connectivity index (χ1n) is 3.70. The quantitative estimate of drug-likeness (QED) is 0.333. The van der Waals surface area contributed by atoms with Gasteiger partial charge in [0.25, 0.3) is 6.64 Å². The molecule has 5 nitrogen and oxygen atoms in total. The number of amides is 1. The third-order valence-electron chi connectivity index (χ3n) is 1.43. The van der Waals surface area contributed by atoms with Crippen molar-refractivity contribution in [2.75, 3.05) is 27.3 Å². The van der Waals surface area contributed by atoms with Crippen molar-refractivity contribution < 1.29 is 18.2 Å². The minimum absolute atomic E-state index is 0.440.